The van der Waals surface area contributed by atoms with Crippen LogP contribution in [0.15, 0.2) is 18.2 Å². The Morgan fingerprint density at radius 3 is 2.60 bits per heavy atom. The van der Waals surface area contributed by atoms with Gasteiger partial charge < -0.3 is 9.80 Å². The number of rotatable bonds is 4. The molecule has 1 saturated heterocycles. The first-order valence-corrected chi connectivity index (χ1v) is 8.33. The first kappa shape index (κ1) is 19.1. The van der Waals surface area contributed by atoms with E-state index in [2.05, 4.69) is 0 Å². The van der Waals surface area contributed by atoms with Gasteiger partial charge in [0, 0.05) is 51.4 Å². The van der Waals surface area contributed by atoms with Gasteiger partial charge in [0.2, 0.25) is 5.91 Å². The van der Waals surface area contributed by atoms with Crippen LogP contribution in [0.2, 0.25) is 5.02 Å². The molecule has 0 radical (unpaired) electrons. The van der Waals surface area contributed by atoms with Crippen molar-refractivity contribution in [2.45, 2.75) is 6.42 Å². The summed E-state index contributed by atoms with van der Waals surface area (Å²) in [4.78, 5) is 40.3. The summed E-state index contributed by atoms with van der Waals surface area (Å²) < 4.78 is 0. The molecular formula is C16H21ClN4O4. The molecule has 0 unspecified atom stereocenters. The summed E-state index contributed by atoms with van der Waals surface area (Å²) in [6.07, 6.45) is 0.702. The fourth-order valence-electron chi connectivity index (χ4n) is 2.67. The molecule has 0 aromatic heterocycles. The van der Waals surface area contributed by atoms with E-state index in [1.165, 1.54) is 23.1 Å². The molecule has 0 saturated carbocycles. The lowest BCUT2D eigenvalue weighted by Gasteiger charge is -2.22. The first-order valence-electron chi connectivity index (χ1n) is 7.95. The molecule has 0 atom stereocenters. The topological polar surface area (TPSA) is 87.0 Å². The summed E-state index contributed by atoms with van der Waals surface area (Å²) in [5.41, 5.74) is -0.256. The predicted molar refractivity (Wildman–Crippen MR) is 93.8 cm³/mol. The van der Waals surface area contributed by atoms with Gasteiger partial charge in [-0.15, -0.1) is 0 Å². The van der Waals surface area contributed by atoms with Gasteiger partial charge in [0.25, 0.3) is 11.6 Å². The summed E-state index contributed by atoms with van der Waals surface area (Å²) in [7, 11) is 3.41. The Morgan fingerprint density at radius 1 is 1.24 bits per heavy atom. The van der Waals surface area contributed by atoms with Gasteiger partial charge in [-0.1, -0.05) is 11.6 Å². The van der Waals surface area contributed by atoms with Crippen LogP contribution in [0.5, 0.6) is 0 Å². The minimum absolute atomic E-state index is 0.00751. The van der Waals surface area contributed by atoms with Gasteiger partial charge in [-0.2, -0.15) is 0 Å². The van der Waals surface area contributed by atoms with E-state index in [0.29, 0.717) is 39.1 Å². The lowest BCUT2D eigenvalue weighted by Crippen LogP contribution is -2.39. The van der Waals surface area contributed by atoms with Crippen molar-refractivity contribution in [3.63, 3.8) is 0 Å². The first-order chi connectivity index (χ1) is 11.8. The van der Waals surface area contributed by atoms with Crippen LogP contribution in [0.4, 0.5) is 5.69 Å². The molecule has 136 valence electrons. The van der Waals surface area contributed by atoms with Gasteiger partial charge in [0.1, 0.15) is 5.56 Å². The van der Waals surface area contributed by atoms with Gasteiger partial charge in [0.15, 0.2) is 0 Å². The number of nitrogens with zero attached hydrogens (tertiary/aromatic N) is 4. The Balaban J connectivity index is 2.09. The molecule has 1 fully saturated rings. The van der Waals surface area contributed by atoms with Crippen LogP contribution < -0.4 is 0 Å². The zero-order valence-corrected chi connectivity index (χ0v) is 15.0. The van der Waals surface area contributed by atoms with Crippen LogP contribution >= 0.6 is 11.6 Å². The Bertz CT molecular complexity index is 680. The van der Waals surface area contributed by atoms with Crippen molar-refractivity contribution in [2.75, 3.05) is 46.8 Å². The number of carbonyl (C=O) groups excluding carboxylic acids is 2. The summed E-state index contributed by atoms with van der Waals surface area (Å²) in [5, 5.41) is 11.4. The fraction of sp³-hybridized carbons (Fsp3) is 0.500. The third-order valence-electron chi connectivity index (χ3n) is 4.12. The Hall–Kier alpha value is -2.19. The average molecular weight is 369 g/mol. The monoisotopic (exact) mass is 368 g/mol. The third-order valence-corrected chi connectivity index (χ3v) is 4.36. The summed E-state index contributed by atoms with van der Waals surface area (Å²) >= 11 is 5.80. The SMILES string of the molecule is CN(C)C(=O)CN1CCCN(C(=O)c2ccc(Cl)cc2[N+](=O)[O-])CC1. The number of likely N-dealkylation sites (N-methyl/N-ethyl adjacent to an activating group) is 1. The Kier molecular flexibility index (Phi) is 6.33. The maximum absolute atomic E-state index is 12.7. The van der Waals surface area contributed by atoms with E-state index in [1.807, 2.05) is 4.90 Å². The molecule has 1 heterocycles. The molecule has 0 N–H and O–H groups in total. The maximum atomic E-state index is 12.7. The Labute approximate surface area is 151 Å². The molecule has 0 aliphatic carbocycles. The van der Waals surface area contributed by atoms with E-state index < -0.39 is 4.92 Å². The average Bonchev–Trinajstić information content (AvgIpc) is 2.79. The quantitative estimate of drug-likeness (QED) is 0.593. The normalized spacial score (nSPS) is 15.6. The van der Waals surface area contributed by atoms with E-state index in [4.69, 9.17) is 11.6 Å². The van der Waals surface area contributed by atoms with E-state index in [-0.39, 0.29) is 28.1 Å². The van der Waals surface area contributed by atoms with Crippen LogP contribution in [-0.2, 0) is 4.79 Å². The van der Waals surface area contributed by atoms with Crippen molar-refractivity contribution in [1.82, 2.24) is 14.7 Å². The lowest BCUT2D eigenvalue weighted by molar-refractivity contribution is -0.385. The van der Waals surface area contributed by atoms with Crippen molar-refractivity contribution in [3.8, 4) is 0 Å². The zero-order valence-electron chi connectivity index (χ0n) is 14.3. The highest BCUT2D eigenvalue weighted by Crippen LogP contribution is 2.25. The highest BCUT2D eigenvalue weighted by atomic mass is 35.5. The molecule has 1 aliphatic rings. The van der Waals surface area contributed by atoms with Gasteiger partial charge in [-0.3, -0.25) is 24.6 Å². The number of hydrogen-bond acceptors (Lipinski definition) is 5. The number of carbonyl (C=O) groups is 2. The van der Waals surface area contributed by atoms with Gasteiger partial charge >= 0.3 is 0 Å². The highest BCUT2D eigenvalue weighted by molar-refractivity contribution is 6.31. The minimum Gasteiger partial charge on any atom is -0.348 e. The molecule has 1 aliphatic heterocycles. The summed E-state index contributed by atoms with van der Waals surface area (Å²) in [5.74, 6) is -0.378. The van der Waals surface area contributed by atoms with E-state index in [0.717, 1.165) is 0 Å². The van der Waals surface area contributed by atoms with Crippen LogP contribution in [0, 0.1) is 10.1 Å². The minimum atomic E-state index is -0.598. The second-order valence-corrected chi connectivity index (χ2v) is 6.57. The van der Waals surface area contributed by atoms with Crippen molar-refractivity contribution in [1.29, 1.82) is 0 Å². The Morgan fingerprint density at radius 2 is 1.96 bits per heavy atom. The van der Waals surface area contributed by atoms with E-state index in [1.54, 1.807) is 19.0 Å². The molecule has 9 heteroatoms. The molecule has 0 spiro atoms. The van der Waals surface area contributed by atoms with E-state index in [9.17, 15) is 19.7 Å². The van der Waals surface area contributed by atoms with Gasteiger partial charge in [-0.25, -0.2) is 0 Å². The maximum Gasteiger partial charge on any atom is 0.283 e. The predicted octanol–water partition coefficient (Wildman–Crippen LogP) is 1.48. The standard InChI is InChI=1S/C16H21ClN4O4/c1-18(2)15(22)11-19-6-3-7-20(9-8-19)16(23)13-5-4-12(17)10-14(13)21(24)25/h4-5,10H,3,6-9,11H2,1-2H3. The second-order valence-electron chi connectivity index (χ2n) is 6.13. The van der Waals surface area contributed by atoms with Crippen LogP contribution in [0.1, 0.15) is 16.8 Å². The molecule has 0 bridgehead atoms. The lowest BCUT2D eigenvalue weighted by atomic mass is 10.1. The molecule has 2 rings (SSSR count). The number of benzene rings is 1. The molecule has 1 aromatic rings. The van der Waals surface area contributed by atoms with E-state index >= 15 is 0 Å². The van der Waals surface area contributed by atoms with Gasteiger partial charge in [-0.05, 0) is 18.6 Å². The molecule has 2 amide bonds. The third kappa shape index (κ3) is 4.90. The van der Waals surface area contributed by atoms with Crippen LogP contribution in [0.3, 0.4) is 0 Å². The fourth-order valence-corrected chi connectivity index (χ4v) is 2.84. The zero-order chi connectivity index (χ0) is 18.6. The summed E-state index contributed by atoms with van der Waals surface area (Å²) in [6, 6.07) is 4.05. The smallest absolute Gasteiger partial charge is 0.283 e. The second kappa shape index (κ2) is 8.26. The largest absolute Gasteiger partial charge is 0.348 e. The summed E-state index contributed by atoms with van der Waals surface area (Å²) in [6.45, 7) is 2.46. The highest BCUT2D eigenvalue weighted by Gasteiger charge is 2.27. The van der Waals surface area contributed by atoms with Crippen molar-refractivity contribution < 1.29 is 14.5 Å². The van der Waals surface area contributed by atoms with Crippen molar-refractivity contribution >= 4 is 29.1 Å². The number of nitro benzene ring substituents is 1. The molecule has 1 aromatic carbocycles. The number of nitro groups is 1. The molecule has 8 nitrogen and oxygen atoms in total. The van der Waals surface area contributed by atoms with Gasteiger partial charge in [0.05, 0.1) is 11.5 Å². The molecular weight excluding hydrogens is 348 g/mol. The number of hydrogen-bond donors (Lipinski definition) is 0. The molecule has 25 heavy (non-hydrogen) atoms. The van der Waals surface area contributed by atoms with Crippen molar-refractivity contribution in [2.24, 2.45) is 0 Å². The van der Waals surface area contributed by atoms with Crippen LogP contribution in [-0.4, -0.2) is 78.3 Å². The van der Waals surface area contributed by atoms with Crippen LogP contribution in [0.25, 0.3) is 0 Å². The number of halogens is 1. The van der Waals surface area contributed by atoms with Crippen molar-refractivity contribution in [3.05, 3.63) is 38.9 Å². The number of amides is 2.